The molecule has 0 spiro atoms. The number of carbonyl (C=O) groups is 1. The molecule has 158 valence electrons. The number of halogens is 2. The molecule has 8 heteroatoms. The van der Waals surface area contributed by atoms with Crippen LogP contribution < -0.4 is 15.0 Å². The zero-order chi connectivity index (χ0) is 21.3. The number of aromatic nitrogens is 1. The highest BCUT2D eigenvalue weighted by Gasteiger charge is 2.27. The van der Waals surface area contributed by atoms with E-state index in [-0.39, 0.29) is 11.8 Å². The fourth-order valence-electron chi connectivity index (χ4n) is 3.61. The Morgan fingerprint density at radius 3 is 2.80 bits per heavy atom. The lowest BCUT2D eigenvalue weighted by Crippen LogP contribution is -2.38. The van der Waals surface area contributed by atoms with E-state index in [1.807, 2.05) is 44.2 Å². The van der Waals surface area contributed by atoms with Crippen molar-refractivity contribution in [2.45, 2.75) is 26.7 Å². The van der Waals surface area contributed by atoms with Gasteiger partial charge in [-0.3, -0.25) is 4.79 Å². The highest BCUT2D eigenvalue weighted by atomic mass is 79.9. The predicted octanol–water partition coefficient (Wildman–Crippen LogP) is 6.27. The second-order valence-corrected chi connectivity index (χ2v) is 9.68. The summed E-state index contributed by atoms with van der Waals surface area (Å²) >= 11 is 11.5. The van der Waals surface area contributed by atoms with Gasteiger partial charge in [-0.2, -0.15) is 0 Å². The Balaban J connectivity index is 1.41. The molecule has 4 rings (SSSR count). The number of rotatable bonds is 5. The molecule has 2 heterocycles. The maximum absolute atomic E-state index is 12.7. The van der Waals surface area contributed by atoms with E-state index in [1.54, 1.807) is 11.3 Å². The number of thiazole rings is 1. The van der Waals surface area contributed by atoms with E-state index in [0.29, 0.717) is 17.3 Å². The summed E-state index contributed by atoms with van der Waals surface area (Å²) < 4.78 is 7.69. The van der Waals surface area contributed by atoms with Crippen LogP contribution in [0.3, 0.4) is 0 Å². The Hall–Kier alpha value is -1.83. The molecule has 0 aliphatic carbocycles. The molecule has 3 aromatic rings. The molecule has 5 nitrogen and oxygen atoms in total. The smallest absolute Gasteiger partial charge is 0.227 e. The van der Waals surface area contributed by atoms with Gasteiger partial charge in [0.15, 0.2) is 5.13 Å². The minimum atomic E-state index is -0.0216. The number of carbonyl (C=O) groups excluding carboxylic acids is 1. The normalized spacial score (nSPS) is 14.9. The van der Waals surface area contributed by atoms with Gasteiger partial charge in [-0.1, -0.05) is 29.0 Å². The van der Waals surface area contributed by atoms with Gasteiger partial charge in [-0.05, 0) is 66.4 Å². The molecule has 30 heavy (non-hydrogen) atoms. The number of hydrogen-bond acceptors (Lipinski definition) is 5. The first-order valence-electron chi connectivity index (χ1n) is 9.99. The Morgan fingerprint density at radius 1 is 1.33 bits per heavy atom. The summed E-state index contributed by atoms with van der Waals surface area (Å²) in [5.74, 6) is 0.854. The van der Waals surface area contributed by atoms with Crippen LogP contribution in [-0.2, 0) is 4.79 Å². The van der Waals surface area contributed by atoms with Gasteiger partial charge in [0.1, 0.15) is 5.75 Å². The molecule has 0 radical (unpaired) electrons. The van der Waals surface area contributed by atoms with Crippen molar-refractivity contribution in [2.24, 2.45) is 5.92 Å². The number of anilines is 2. The van der Waals surface area contributed by atoms with Crippen LogP contribution in [0.1, 0.15) is 25.3 Å². The topological polar surface area (TPSA) is 54.5 Å². The Labute approximate surface area is 193 Å². The zero-order valence-corrected chi connectivity index (χ0v) is 20.0. The van der Waals surface area contributed by atoms with Crippen molar-refractivity contribution < 1.29 is 9.53 Å². The highest BCUT2D eigenvalue weighted by molar-refractivity contribution is 9.10. The van der Waals surface area contributed by atoms with Crippen LogP contribution in [0.5, 0.6) is 5.75 Å². The molecular weight excluding hydrogens is 486 g/mol. The van der Waals surface area contributed by atoms with E-state index in [9.17, 15) is 4.79 Å². The molecule has 0 atom stereocenters. The molecule has 1 aliphatic rings. The second kappa shape index (κ2) is 9.12. The first-order valence-corrected chi connectivity index (χ1v) is 12.0. The van der Waals surface area contributed by atoms with Crippen LogP contribution in [0.2, 0.25) is 5.02 Å². The molecule has 0 unspecified atom stereocenters. The van der Waals surface area contributed by atoms with Crippen LogP contribution in [0.15, 0.2) is 34.8 Å². The maximum atomic E-state index is 12.7. The largest absolute Gasteiger partial charge is 0.493 e. The van der Waals surface area contributed by atoms with Gasteiger partial charge in [-0.15, -0.1) is 0 Å². The summed E-state index contributed by atoms with van der Waals surface area (Å²) in [5.41, 5.74) is 2.71. The predicted molar refractivity (Wildman–Crippen MR) is 128 cm³/mol. The number of aryl methyl sites for hydroxylation is 1. The lowest BCUT2D eigenvalue weighted by molar-refractivity contribution is -0.120. The third-order valence-corrected chi connectivity index (χ3v) is 7.26. The summed E-state index contributed by atoms with van der Waals surface area (Å²) in [7, 11) is 0. The number of nitrogens with one attached hydrogen (secondary N) is 1. The minimum absolute atomic E-state index is 0.0216. The number of nitrogens with zero attached hydrogens (tertiary/aromatic N) is 2. The van der Waals surface area contributed by atoms with Crippen molar-refractivity contribution >= 4 is 65.8 Å². The van der Waals surface area contributed by atoms with E-state index in [0.717, 1.165) is 57.1 Å². The van der Waals surface area contributed by atoms with Crippen LogP contribution in [0.25, 0.3) is 10.2 Å². The summed E-state index contributed by atoms with van der Waals surface area (Å²) in [5, 5.41) is 4.55. The van der Waals surface area contributed by atoms with E-state index in [2.05, 4.69) is 26.1 Å². The fraction of sp³-hybridized carbons (Fsp3) is 0.364. The monoisotopic (exact) mass is 507 g/mol. The Morgan fingerprint density at radius 2 is 2.10 bits per heavy atom. The third kappa shape index (κ3) is 4.58. The minimum Gasteiger partial charge on any atom is -0.493 e. The molecule has 1 fully saturated rings. The first kappa shape index (κ1) is 21.4. The standard InChI is InChI=1S/C22H23BrClN3O2S/c1-3-29-19-12-20-18(11-15(19)23)26-22(30-20)27-8-6-14(7-9-27)21(28)25-17-5-4-13(2)10-16(17)24/h4-5,10-12,14H,3,6-9H2,1-2H3,(H,25,28). The van der Waals surface area contributed by atoms with Gasteiger partial charge >= 0.3 is 0 Å². The zero-order valence-electron chi connectivity index (χ0n) is 16.9. The summed E-state index contributed by atoms with van der Waals surface area (Å²) in [4.78, 5) is 19.8. The third-order valence-electron chi connectivity index (χ3n) is 5.25. The van der Waals surface area contributed by atoms with Crippen molar-refractivity contribution in [3.8, 4) is 5.75 Å². The number of amides is 1. The molecular formula is C22H23BrClN3O2S. The average molecular weight is 509 g/mol. The number of fused-ring (bicyclic) bond motifs is 1. The lowest BCUT2D eigenvalue weighted by Gasteiger charge is -2.31. The fourth-order valence-corrected chi connectivity index (χ4v) is 5.36. The van der Waals surface area contributed by atoms with Gasteiger partial charge in [0.2, 0.25) is 5.91 Å². The Kier molecular flexibility index (Phi) is 6.51. The van der Waals surface area contributed by atoms with Gasteiger partial charge in [0.25, 0.3) is 0 Å². The molecule has 0 bridgehead atoms. The lowest BCUT2D eigenvalue weighted by atomic mass is 9.96. The molecule has 0 saturated carbocycles. The average Bonchev–Trinajstić information content (AvgIpc) is 3.13. The van der Waals surface area contributed by atoms with Crippen LogP contribution in [0, 0.1) is 12.8 Å². The molecule has 1 saturated heterocycles. The quantitative estimate of drug-likeness (QED) is 0.441. The Bertz CT molecular complexity index is 1080. The summed E-state index contributed by atoms with van der Waals surface area (Å²) in [6, 6.07) is 9.72. The molecule has 1 N–H and O–H groups in total. The number of piperidine rings is 1. The first-order chi connectivity index (χ1) is 14.4. The number of benzene rings is 2. The number of hydrogen-bond donors (Lipinski definition) is 1. The highest BCUT2D eigenvalue weighted by Crippen LogP contribution is 2.37. The molecule has 1 amide bonds. The van der Waals surface area contributed by atoms with Crippen LogP contribution >= 0.6 is 38.9 Å². The van der Waals surface area contributed by atoms with E-state index in [1.165, 1.54) is 0 Å². The maximum Gasteiger partial charge on any atom is 0.227 e. The molecule has 1 aliphatic heterocycles. The van der Waals surface area contributed by atoms with E-state index < -0.39 is 0 Å². The van der Waals surface area contributed by atoms with Crippen molar-refractivity contribution in [2.75, 3.05) is 29.9 Å². The molecule has 2 aromatic carbocycles. The summed E-state index contributed by atoms with van der Waals surface area (Å²) in [6.07, 6.45) is 1.58. The van der Waals surface area contributed by atoms with Crippen molar-refractivity contribution in [3.63, 3.8) is 0 Å². The van der Waals surface area contributed by atoms with Crippen molar-refractivity contribution in [1.29, 1.82) is 0 Å². The van der Waals surface area contributed by atoms with E-state index >= 15 is 0 Å². The second-order valence-electron chi connectivity index (χ2n) is 7.41. The summed E-state index contributed by atoms with van der Waals surface area (Å²) in [6.45, 7) is 6.19. The van der Waals surface area contributed by atoms with Crippen molar-refractivity contribution in [3.05, 3.63) is 45.4 Å². The van der Waals surface area contributed by atoms with Gasteiger partial charge in [0.05, 0.1) is 32.0 Å². The molecule has 1 aromatic heterocycles. The van der Waals surface area contributed by atoms with Gasteiger partial charge < -0.3 is 15.0 Å². The SMILES string of the molecule is CCOc1cc2sc(N3CCC(C(=O)Nc4ccc(C)cc4Cl)CC3)nc2cc1Br. The van der Waals surface area contributed by atoms with Crippen LogP contribution in [0.4, 0.5) is 10.8 Å². The number of ether oxygens (including phenoxy) is 1. The van der Waals surface area contributed by atoms with Gasteiger partial charge in [-0.25, -0.2) is 4.98 Å². The van der Waals surface area contributed by atoms with Gasteiger partial charge in [0, 0.05) is 25.1 Å². The van der Waals surface area contributed by atoms with Crippen molar-refractivity contribution in [1.82, 2.24) is 4.98 Å². The van der Waals surface area contributed by atoms with Crippen LogP contribution in [-0.4, -0.2) is 30.6 Å². The van der Waals surface area contributed by atoms with E-state index in [4.69, 9.17) is 21.3 Å².